The van der Waals surface area contributed by atoms with Crippen LogP contribution in [0.5, 0.6) is 0 Å². The Balaban J connectivity index is 2.39. The number of aliphatic hydroxyl groups excluding tert-OH is 1. The number of hydrogen-bond acceptors (Lipinski definition) is 8. The Morgan fingerprint density at radius 1 is 1.57 bits per heavy atom. The van der Waals surface area contributed by atoms with E-state index in [-0.39, 0.29) is 36.4 Å². The van der Waals surface area contributed by atoms with Gasteiger partial charge in [-0.25, -0.2) is 0 Å². The molecule has 0 saturated carbocycles. The molecule has 0 amide bonds. The summed E-state index contributed by atoms with van der Waals surface area (Å²) >= 11 is 0. The standard InChI is InChI=1S/C12H20N6O3/c1-8-3-2-5-17(7-8)11-9(18(20)21)10(13)15-12(16-11)14-4-6-19/h8,19H,2-7H2,1H3,(H3,13,14,15,16). The van der Waals surface area contributed by atoms with Gasteiger partial charge in [0.05, 0.1) is 11.5 Å². The molecule has 0 aliphatic carbocycles. The highest BCUT2D eigenvalue weighted by molar-refractivity contribution is 5.71. The minimum Gasteiger partial charge on any atom is -0.395 e. The second-order valence-corrected chi connectivity index (χ2v) is 5.21. The first-order valence-electron chi connectivity index (χ1n) is 6.94. The molecule has 1 atom stereocenters. The SMILES string of the molecule is CC1CCCN(c2nc(NCCO)nc(N)c2[N+](=O)[O-])C1. The summed E-state index contributed by atoms with van der Waals surface area (Å²) in [6, 6.07) is 0. The first-order chi connectivity index (χ1) is 10.0. The van der Waals surface area contributed by atoms with E-state index in [2.05, 4.69) is 22.2 Å². The van der Waals surface area contributed by atoms with Crippen molar-refractivity contribution < 1.29 is 10.0 Å². The van der Waals surface area contributed by atoms with Gasteiger partial charge in [0.15, 0.2) is 0 Å². The zero-order chi connectivity index (χ0) is 15.4. The van der Waals surface area contributed by atoms with Crippen LogP contribution in [0.1, 0.15) is 19.8 Å². The first kappa shape index (κ1) is 15.2. The summed E-state index contributed by atoms with van der Waals surface area (Å²) in [5.74, 6) is 0.729. The Labute approximate surface area is 122 Å². The number of nitrogen functional groups attached to an aromatic ring is 1. The third-order valence-corrected chi connectivity index (χ3v) is 3.43. The van der Waals surface area contributed by atoms with E-state index in [0.29, 0.717) is 19.0 Å². The van der Waals surface area contributed by atoms with E-state index in [1.807, 2.05) is 4.90 Å². The fourth-order valence-electron chi connectivity index (χ4n) is 2.48. The topological polar surface area (TPSA) is 130 Å². The molecule has 1 unspecified atom stereocenters. The molecule has 2 rings (SSSR count). The predicted molar refractivity (Wildman–Crippen MR) is 79.3 cm³/mol. The molecule has 1 aliphatic heterocycles. The summed E-state index contributed by atoms with van der Waals surface area (Å²) in [5.41, 5.74) is 5.46. The highest BCUT2D eigenvalue weighted by Gasteiger charge is 2.29. The maximum Gasteiger partial charge on any atom is 0.353 e. The Kier molecular flexibility index (Phi) is 4.73. The highest BCUT2D eigenvalue weighted by atomic mass is 16.6. The molecule has 0 spiro atoms. The van der Waals surface area contributed by atoms with E-state index in [0.717, 1.165) is 12.8 Å². The van der Waals surface area contributed by atoms with Gasteiger partial charge in [-0.3, -0.25) is 10.1 Å². The average Bonchev–Trinajstić information content (AvgIpc) is 2.44. The molecule has 0 radical (unpaired) electrons. The molecule has 0 bridgehead atoms. The van der Waals surface area contributed by atoms with Gasteiger partial charge in [-0.1, -0.05) is 6.92 Å². The Hall–Kier alpha value is -2.16. The van der Waals surface area contributed by atoms with Gasteiger partial charge in [-0.2, -0.15) is 9.97 Å². The van der Waals surface area contributed by atoms with E-state index < -0.39 is 4.92 Å². The molecule has 1 aliphatic rings. The molecule has 1 aromatic rings. The zero-order valence-electron chi connectivity index (χ0n) is 11.9. The van der Waals surface area contributed by atoms with E-state index in [1.54, 1.807) is 0 Å². The summed E-state index contributed by atoms with van der Waals surface area (Å²) in [7, 11) is 0. The van der Waals surface area contributed by atoms with Gasteiger partial charge in [0.2, 0.25) is 17.6 Å². The maximum atomic E-state index is 11.3. The summed E-state index contributed by atoms with van der Waals surface area (Å²) < 4.78 is 0. The van der Waals surface area contributed by atoms with Crippen LogP contribution in [0.3, 0.4) is 0 Å². The van der Waals surface area contributed by atoms with Gasteiger partial charge in [0, 0.05) is 19.6 Å². The van der Waals surface area contributed by atoms with Crippen LogP contribution in [-0.2, 0) is 0 Å². The number of hydrogen-bond donors (Lipinski definition) is 3. The fraction of sp³-hybridized carbons (Fsp3) is 0.667. The van der Waals surface area contributed by atoms with Crippen molar-refractivity contribution in [2.75, 3.05) is 42.2 Å². The first-order valence-corrected chi connectivity index (χ1v) is 6.94. The number of piperidine rings is 1. The van der Waals surface area contributed by atoms with E-state index >= 15 is 0 Å². The van der Waals surface area contributed by atoms with E-state index in [9.17, 15) is 10.1 Å². The molecule has 9 heteroatoms. The lowest BCUT2D eigenvalue weighted by Gasteiger charge is -2.31. The quantitative estimate of drug-likeness (QED) is 0.532. The van der Waals surface area contributed by atoms with Crippen molar-refractivity contribution in [2.24, 2.45) is 5.92 Å². The Bertz CT molecular complexity index is 524. The second kappa shape index (κ2) is 6.53. The monoisotopic (exact) mass is 296 g/mol. The van der Waals surface area contributed by atoms with Gasteiger partial charge in [-0.05, 0) is 18.8 Å². The third kappa shape index (κ3) is 3.48. The molecular weight excluding hydrogens is 276 g/mol. The second-order valence-electron chi connectivity index (χ2n) is 5.21. The lowest BCUT2D eigenvalue weighted by atomic mass is 10.0. The van der Waals surface area contributed by atoms with Crippen molar-refractivity contribution in [2.45, 2.75) is 19.8 Å². The van der Waals surface area contributed by atoms with Crippen molar-refractivity contribution >= 4 is 23.3 Å². The molecule has 0 aromatic carbocycles. The number of anilines is 3. The maximum absolute atomic E-state index is 11.3. The number of aromatic nitrogens is 2. The number of nitrogens with zero attached hydrogens (tertiary/aromatic N) is 4. The van der Waals surface area contributed by atoms with Crippen molar-refractivity contribution in [1.82, 2.24) is 9.97 Å². The van der Waals surface area contributed by atoms with Gasteiger partial charge in [0.1, 0.15) is 0 Å². The van der Waals surface area contributed by atoms with E-state index in [4.69, 9.17) is 10.8 Å². The Morgan fingerprint density at radius 2 is 2.33 bits per heavy atom. The predicted octanol–water partition coefficient (Wildman–Crippen LogP) is 0.608. The summed E-state index contributed by atoms with van der Waals surface area (Å²) in [6.07, 6.45) is 2.06. The van der Waals surface area contributed by atoms with Crippen molar-refractivity contribution in [3.05, 3.63) is 10.1 Å². The molecular formula is C12H20N6O3. The van der Waals surface area contributed by atoms with Crippen LogP contribution in [0.2, 0.25) is 0 Å². The summed E-state index contributed by atoms with van der Waals surface area (Å²) in [4.78, 5) is 20.7. The molecule has 4 N–H and O–H groups in total. The molecule has 21 heavy (non-hydrogen) atoms. The van der Waals surface area contributed by atoms with Gasteiger partial charge >= 0.3 is 5.69 Å². The normalized spacial score (nSPS) is 18.6. The lowest BCUT2D eigenvalue weighted by molar-refractivity contribution is -0.383. The Morgan fingerprint density at radius 3 is 2.95 bits per heavy atom. The number of nitrogens with two attached hydrogens (primary N) is 1. The van der Waals surface area contributed by atoms with Crippen LogP contribution in [0.25, 0.3) is 0 Å². The van der Waals surface area contributed by atoms with E-state index in [1.165, 1.54) is 0 Å². The highest BCUT2D eigenvalue weighted by Crippen LogP contribution is 2.34. The summed E-state index contributed by atoms with van der Waals surface area (Å²) in [6.45, 7) is 3.69. The van der Waals surface area contributed by atoms with Crippen LogP contribution >= 0.6 is 0 Å². The minimum absolute atomic E-state index is 0.0870. The van der Waals surface area contributed by atoms with Gasteiger partial charge in [0.25, 0.3) is 0 Å². The van der Waals surface area contributed by atoms with Crippen molar-refractivity contribution in [3.8, 4) is 0 Å². The van der Waals surface area contributed by atoms with Gasteiger partial charge < -0.3 is 21.1 Å². The average molecular weight is 296 g/mol. The molecule has 116 valence electrons. The summed E-state index contributed by atoms with van der Waals surface area (Å²) in [5, 5.41) is 22.9. The van der Waals surface area contributed by atoms with Crippen molar-refractivity contribution in [1.29, 1.82) is 0 Å². The fourth-order valence-corrected chi connectivity index (χ4v) is 2.48. The number of aliphatic hydroxyl groups is 1. The molecule has 2 heterocycles. The van der Waals surface area contributed by atoms with Gasteiger partial charge in [-0.15, -0.1) is 0 Å². The zero-order valence-corrected chi connectivity index (χ0v) is 11.9. The van der Waals surface area contributed by atoms with Crippen LogP contribution in [0.4, 0.5) is 23.3 Å². The van der Waals surface area contributed by atoms with Crippen LogP contribution < -0.4 is 16.0 Å². The lowest BCUT2D eigenvalue weighted by Crippen LogP contribution is -2.35. The minimum atomic E-state index is -0.542. The molecule has 1 saturated heterocycles. The van der Waals surface area contributed by atoms with Crippen LogP contribution in [0, 0.1) is 16.0 Å². The number of nitro groups is 1. The van der Waals surface area contributed by atoms with Crippen LogP contribution in [0.15, 0.2) is 0 Å². The third-order valence-electron chi connectivity index (χ3n) is 3.43. The number of nitrogens with one attached hydrogen (secondary N) is 1. The molecule has 9 nitrogen and oxygen atoms in total. The van der Waals surface area contributed by atoms with Crippen molar-refractivity contribution in [3.63, 3.8) is 0 Å². The van der Waals surface area contributed by atoms with Crippen LogP contribution in [-0.4, -0.2) is 46.2 Å². The smallest absolute Gasteiger partial charge is 0.353 e. The largest absolute Gasteiger partial charge is 0.395 e. The molecule has 1 fully saturated rings. The number of rotatable bonds is 5. The molecule has 1 aromatic heterocycles.